The minimum absolute atomic E-state index is 0.129. The van der Waals surface area contributed by atoms with E-state index in [-0.39, 0.29) is 35.9 Å². The number of hydrogen-bond acceptors (Lipinski definition) is 5. The van der Waals surface area contributed by atoms with E-state index in [9.17, 15) is 18.8 Å². The summed E-state index contributed by atoms with van der Waals surface area (Å²) in [7, 11) is 0. The van der Waals surface area contributed by atoms with Gasteiger partial charge in [0.2, 0.25) is 11.8 Å². The van der Waals surface area contributed by atoms with Crippen molar-refractivity contribution in [3.63, 3.8) is 0 Å². The smallest absolute Gasteiger partial charge is 0.270 e. The van der Waals surface area contributed by atoms with Crippen molar-refractivity contribution >= 4 is 34.7 Å². The number of pyridine rings is 1. The number of aromatic nitrogens is 1. The van der Waals surface area contributed by atoms with Gasteiger partial charge >= 0.3 is 0 Å². The normalized spacial score (nSPS) is 18.2. The molecule has 3 aromatic rings. The summed E-state index contributed by atoms with van der Waals surface area (Å²) in [4.78, 5) is 44.6. The van der Waals surface area contributed by atoms with Crippen molar-refractivity contribution in [1.82, 2.24) is 20.5 Å². The molecular weight excluding hydrogens is 499 g/mol. The van der Waals surface area contributed by atoms with Gasteiger partial charge in [-0.25, -0.2) is 9.37 Å². The number of carbonyl (C=O) groups excluding carboxylic acids is 3. The topological polar surface area (TPSA) is 101 Å². The standard InChI is InChI=1S/C30H31FN4O4/c1-19(24-6-3-2-5-21(24)9-8-20-17-39-18-20)33-30(38)27-7-4-14-35(27)28(36)16-32-29(37)26-12-10-22-15-23(31)11-13-25(22)34-26/h2-3,5-6,8-13,15,19-20,27H,4,7,14,16-18H2,1H3,(H,32,37)(H,33,38)/b9-8+/t19-,27?/m0/s1. The molecular formula is C30H31FN4O4. The van der Waals surface area contributed by atoms with E-state index in [1.807, 2.05) is 31.2 Å². The molecule has 1 aromatic heterocycles. The summed E-state index contributed by atoms with van der Waals surface area (Å²) in [6, 6.07) is 14.3. The van der Waals surface area contributed by atoms with Gasteiger partial charge in [0, 0.05) is 17.8 Å². The van der Waals surface area contributed by atoms with E-state index >= 15 is 0 Å². The minimum atomic E-state index is -0.597. The molecule has 2 N–H and O–H groups in total. The summed E-state index contributed by atoms with van der Waals surface area (Å²) in [6.07, 6.45) is 5.47. The van der Waals surface area contributed by atoms with E-state index in [2.05, 4.69) is 27.8 Å². The SMILES string of the molecule is C[C@H](NC(=O)C1CCCN1C(=O)CNC(=O)c1ccc2cc(F)ccc2n1)c1ccccc1/C=C/C1COC1. The van der Waals surface area contributed by atoms with Gasteiger partial charge < -0.3 is 20.3 Å². The predicted octanol–water partition coefficient (Wildman–Crippen LogP) is 3.63. The van der Waals surface area contributed by atoms with Crippen LogP contribution in [0.25, 0.3) is 17.0 Å². The van der Waals surface area contributed by atoms with E-state index in [0.717, 1.165) is 24.3 Å². The Kier molecular flexibility index (Phi) is 7.97. The highest BCUT2D eigenvalue weighted by atomic mass is 19.1. The monoisotopic (exact) mass is 530 g/mol. The van der Waals surface area contributed by atoms with Crippen molar-refractivity contribution in [2.75, 3.05) is 26.3 Å². The van der Waals surface area contributed by atoms with E-state index in [1.165, 1.54) is 29.2 Å². The Morgan fingerprint density at radius 3 is 2.77 bits per heavy atom. The Morgan fingerprint density at radius 2 is 1.97 bits per heavy atom. The molecule has 2 fully saturated rings. The lowest BCUT2D eigenvalue weighted by molar-refractivity contribution is -0.137. The molecule has 1 unspecified atom stereocenters. The van der Waals surface area contributed by atoms with Crippen LogP contribution in [0.4, 0.5) is 4.39 Å². The van der Waals surface area contributed by atoms with Gasteiger partial charge in [0.25, 0.3) is 5.91 Å². The number of nitrogens with one attached hydrogen (secondary N) is 2. The van der Waals surface area contributed by atoms with Crippen LogP contribution in [0.2, 0.25) is 0 Å². The molecule has 9 heteroatoms. The van der Waals surface area contributed by atoms with Crippen LogP contribution in [0.3, 0.4) is 0 Å². The molecule has 202 valence electrons. The summed E-state index contributed by atoms with van der Waals surface area (Å²) in [5.74, 6) is -1.02. The van der Waals surface area contributed by atoms with Crippen molar-refractivity contribution in [2.24, 2.45) is 5.92 Å². The quantitative estimate of drug-likeness (QED) is 0.463. The van der Waals surface area contributed by atoms with Crippen LogP contribution in [0, 0.1) is 11.7 Å². The number of amides is 3. The number of halogens is 1. The fraction of sp³-hybridized carbons (Fsp3) is 0.333. The molecule has 0 spiro atoms. The molecule has 2 aromatic carbocycles. The fourth-order valence-electron chi connectivity index (χ4n) is 4.96. The van der Waals surface area contributed by atoms with Gasteiger partial charge in [0.15, 0.2) is 0 Å². The van der Waals surface area contributed by atoms with Crippen LogP contribution in [0.1, 0.15) is 47.4 Å². The zero-order valence-corrected chi connectivity index (χ0v) is 21.7. The number of nitrogens with zero attached hydrogens (tertiary/aromatic N) is 2. The Balaban J connectivity index is 1.18. The summed E-state index contributed by atoms with van der Waals surface area (Å²) in [5.41, 5.74) is 2.64. The first-order valence-electron chi connectivity index (χ1n) is 13.2. The first-order valence-corrected chi connectivity index (χ1v) is 13.2. The highest BCUT2D eigenvalue weighted by Crippen LogP contribution is 2.23. The maximum atomic E-state index is 13.4. The summed E-state index contributed by atoms with van der Waals surface area (Å²) >= 11 is 0. The lowest BCUT2D eigenvalue weighted by atomic mass is 9.98. The summed E-state index contributed by atoms with van der Waals surface area (Å²) < 4.78 is 18.6. The number of likely N-dealkylation sites (tertiary alicyclic amines) is 1. The molecule has 0 bridgehead atoms. The van der Waals surface area contributed by atoms with E-state index in [4.69, 9.17) is 4.74 Å². The molecule has 2 aliphatic rings. The molecule has 3 amide bonds. The summed E-state index contributed by atoms with van der Waals surface area (Å²) in [6.45, 7) is 3.60. The van der Waals surface area contributed by atoms with Gasteiger partial charge in [-0.15, -0.1) is 0 Å². The summed E-state index contributed by atoms with van der Waals surface area (Å²) in [5, 5.41) is 6.26. The first-order chi connectivity index (χ1) is 18.9. The molecule has 0 aliphatic carbocycles. The number of fused-ring (bicyclic) bond motifs is 1. The van der Waals surface area contributed by atoms with Crippen molar-refractivity contribution in [3.05, 3.63) is 83.3 Å². The largest absolute Gasteiger partial charge is 0.380 e. The zero-order chi connectivity index (χ0) is 27.4. The highest BCUT2D eigenvalue weighted by molar-refractivity contribution is 5.97. The van der Waals surface area contributed by atoms with Crippen LogP contribution in [-0.4, -0.2) is 60.0 Å². The number of ether oxygens (including phenoxy) is 1. The molecule has 0 saturated carbocycles. The number of carbonyl (C=O) groups is 3. The number of benzene rings is 2. The molecule has 39 heavy (non-hydrogen) atoms. The molecule has 2 atom stereocenters. The lowest BCUT2D eigenvalue weighted by Crippen LogP contribution is -2.49. The zero-order valence-electron chi connectivity index (χ0n) is 21.7. The Bertz CT molecular complexity index is 1420. The Morgan fingerprint density at radius 1 is 1.15 bits per heavy atom. The van der Waals surface area contributed by atoms with Crippen molar-refractivity contribution < 1.29 is 23.5 Å². The van der Waals surface area contributed by atoms with Gasteiger partial charge in [-0.3, -0.25) is 14.4 Å². The van der Waals surface area contributed by atoms with Crippen LogP contribution in [0.15, 0.2) is 60.7 Å². The minimum Gasteiger partial charge on any atom is -0.380 e. The van der Waals surface area contributed by atoms with Crippen molar-refractivity contribution in [2.45, 2.75) is 31.8 Å². The Hall–Kier alpha value is -4.11. The predicted molar refractivity (Wildman–Crippen MR) is 145 cm³/mol. The molecule has 8 nitrogen and oxygen atoms in total. The maximum Gasteiger partial charge on any atom is 0.270 e. The van der Waals surface area contributed by atoms with Crippen LogP contribution >= 0.6 is 0 Å². The van der Waals surface area contributed by atoms with Gasteiger partial charge in [0.05, 0.1) is 31.3 Å². The second kappa shape index (κ2) is 11.7. The van der Waals surface area contributed by atoms with Crippen LogP contribution < -0.4 is 10.6 Å². The highest BCUT2D eigenvalue weighted by Gasteiger charge is 2.34. The van der Waals surface area contributed by atoms with Crippen molar-refractivity contribution in [1.29, 1.82) is 0 Å². The third kappa shape index (κ3) is 6.15. The average Bonchev–Trinajstić information content (AvgIpc) is 3.41. The second-order valence-electron chi connectivity index (χ2n) is 9.98. The number of rotatable bonds is 8. The Labute approximate surface area is 226 Å². The molecule has 0 radical (unpaired) electrons. The van der Waals surface area contributed by atoms with E-state index < -0.39 is 11.9 Å². The average molecular weight is 531 g/mol. The molecule has 2 saturated heterocycles. The maximum absolute atomic E-state index is 13.4. The molecule has 2 aliphatic heterocycles. The van der Waals surface area contributed by atoms with E-state index in [0.29, 0.717) is 36.2 Å². The van der Waals surface area contributed by atoms with Gasteiger partial charge in [0.1, 0.15) is 17.6 Å². The van der Waals surface area contributed by atoms with Crippen LogP contribution in [0.5, 0.6) is 0 Å². The second-order valence-corrected chi connectivity index (χ2v) is 9.98. The number of hydrogen-bond donors (Lipinski definition) is 2. The van der Waals surface area contributed by atoms with E-state index in [1.54, 1.807) is 6.07 Å². The van der Waals surface area contributed by atoms with Gasteiger partial charge in [-0.05, 0) is 55.2 Å². The third-order valence-electron chi connectivity index (χ3n) is 7.19. The lowest BCUT2D eigenvalue weighted by Gasteiger charge is -2.26. The van der Waals surface area contributed by atoms with Gasteiger partial charge in [-0.2, -0.15) is 0 Å². The molecule has 3 heterocycles. The fourth-order valence-corrected chi connectivity index (χ4v) is 4.96. The first kappa shape index (κ1) is 26.5. The van der Waals surface area contributed by atoms with Crippen molar-refractivity contribution in [3.8, 4) is 0 Å². The van der Waals surface area contributed by atoms with Gasteiger partial charge in [-0.1, -0.05) is 42.5 Å². The third-order valence-corrected chi connectivity index (χ3v) is 7.19. The molecule has 5 rings (SSSR count). The van der Waals surface area contributed by atoms with Crippen LogP contribution in [-0.2, 0) is 14.3 Å².